The highest BCUT2D eigenvalue weighted by Crippen LogP contribution is 2.15. The third-order valence-electron chi connectivity index (χ3n) is 2.70. The molecule has 0 aliphatic rings. The molecule has 0 saturated carbocycles. The van der Waals surface area contributed by atoms with Gasteiger partial charge in [-0.2, -0.15) is 5.10 Å². The molecule has 2 heterocycles. The summed E-state index contributed by atoms with van der Waals surface area (Å²) in [6.07, 6.45) is 5.42. The van der Waals surface area contributed by atoms with E-state index < -0.39 is 0 Å². The lowest BCUT2D eigenvalue weighted by atomic mass is 10.2. The first-order chi connectivity index (χ1) is 8.60. The second-order valence-corrected chi connectivity index (χ2v) is 4.64. The van der Waals surface area contributed by atoms with Gasteiger partial charge in [0.15, 0.2) is 0 Å². The van der Waals surface area contributed by atoms with Crippen molar-refractivity contribution < 1.29 is 0 Å². The molecule has 2 aromatic heterocycles. The first-order valence-corrected chi connectivity index (χ1v) is 6.25. The number of hydrogen-bond donors (Lipinski definition) is 1. The van der Waals surface area contributed by atoms with Crippen LogP contribution in [0.3, 0.4) is 0 Å². The molecule has 0 unspecified atom stereocenters. The standard InChI is InChI=1S/C13H18N4O/c1-4-5-11-6-12(18)16-13(15-11)10-7-14-17(8-10)9(2)3/h6-9H,4-5H2,1-3H3,(H,15,16,18). The smallest absolute Gasteiger partial charge is 0.251 e. The van der Waals surface area contributed by atoms with Gasteiger partial charge in [0, 0.05) is 24.0 Å². The Kier molecular flexibility index (Phi) is 3.60. The lowest BCUT2D eigenvalue weighted by Crippen LogP contribution is -2.10. The van der Waals surface area contributed by atoms with Crippen LogP contribution in [0.25, 0.3) is 11.4 Å². The van der Waals surface area contributed by atoms with E-state index in [0.29, 0.717) is 11.9 Å². The zero-order chi connectivity index (χ0) is 13.1. The van der Waals surface area contributed by atoms with Crippen LogP contribution in [0.15, 0.2) is 23.3 Å². The van der Waals surface area contributed by atoms with Crippen molar-refractivity contribution in [2.75, 3.05) is 0 Å². The molecular formula is C13H18N4O. The largest absolute Gasteiger partial charge is 0.306 e. The van der Waals surface area contributed by atoms with Crippen LogP contribution in [-0.2, 0) is 6.42 Å². The Balaban J connectivity index is 2.39. The SMILES string of the molecule is CCCc1cc(=O)[nH]c(-c2cnn(C(C)C)c2)n1. The van der Waals surface area contributed by atoms with Gasteiger partial charge in [0.05, 0.1) is 11.8 Å². The minimum atomic E-state index is -0.110. The molecule has 0 fully saturated rings. The lowest BCUT2D eigenvalue weighted by Gasteiger charge is -2.03. The number of rotatable bonds is 4. The fraction of sp³-hybridized carbons (Fsp3) is 0.462. The molecule has 5 nitrogen and oxygen atoms in total. The van der Waals surface area contributed by atoms with Crippen molar-refractivity contribution in [1.82, 2.24) is 19.7 Å². The predicted molar refractivity (Wildman–Crippen MR) is 70.5 cm³/mol. The molecule has 0 atom stereocenters. The van der Waals surface area contributed by atoms with E-state index in [1.807, 2.05) is 10.9 Å². The second kappa shape index (κ2) is 5.16. The molecular weight excluding hydrogens is 228 g/mol. The molecule has 5 heteroatoms. The van der Waals surface area contributed by atoms with Crippen molar-refractivity contribution >= 4 is 0 Å². The molecule has 0 aromatic carbocycles. The van der Waals surface area contributed by atoms with Gasteiger partial charge in [-0.3, -0.25) is 9.48 Å². The minimum absolute atomic E-state index is 0.110. The highest BCUT2D eigenvalue weighted by molar-refractivity contribution is 5.51. The van der Waals surface area contributed by atoms with E-state index >= 15 is 0 Å². The zero-order valence-corrected chi connectivity index (χ0v) is 11.0. The summed E-state index contributed by atoms with van der Waals surface area (Å²) < 4.78 is 1.85. The fourth-order valence-electron chi connectivity index (χ4n) is 1.77. The van der Waals surface area contributed by atoms with Crippen LogP contribution in [0.1, 0.15) is 38.9 Å². The minimum Gasteiger partial charge on any atom is -0.306 e. The Morgan fingerprint density at radius 1 is 1.44 bits per heavy atom. The topological polar surface area (TPSA) is 63.6 Å². The van der Waals surface area contributed by atoms with E-state index in [9.17, 15) is 4.79 Å². The molecule has 0 aliphatic heterocycles. The first-order valence-electron chi connectivity index (χ1n) is 6.25. The van der Waals surface area contributed by atoms with Gasteiger partial charge >= 0.3 is 0 Å². The van der Waals surface area contributed by atoms with Gasteiger partial charge in [-0.05, 0) is 20.3 Å². The summed E-state index contributed by atoms with van der Waals surface area (Å²) in [7, 11) is 0. The van der Waals surface area contributed by atoms with Gasteiger partial charge in [-0.1, -0.05) is 13.3 Å². The number of hydrogen-bond acceptors (Lipinski definition) is 3. The molecule has 0 amide bonds. The highest BCUT2D eigenvalue weighted by Gasteiger charge is 2.07. The summed E-state index contributed by atoms with van der Waals surface area (Å²) in [5, 5.41) is 4.25. The Morgan fingerprint density at radius 2 is 2.22 bits per heavy atom. The number of aromatic nitrogens is 4. The molecule has 2 aromatic rings. The summed E-state index contributed by atoms with van der Waals surface area (Å²) in [6, 6.07) is 1.85. The molecule has 1 N–H and O–H groups in total. The van der Waals surface area contributed by atoms with E-state index in [1.54, 1.807) is 12.3 Å². The van der Waals surface area contributed by atoms with Gasteiger partial charge in [-0.15, -0.1) is 0 Å². The van der Waals surface area contributed by atoms with E-state index in [0.717, 1.165) is 24.1 Å². The Bertz CT molecular complexity index is 583. The van der Waals surface area contributed by atoms with Crippen LogP contribution in [0.4, 0.5) is 0 Å². The van der Waals surface area contributed by atoms with Crippen molar-refractivity contribution in [3.05, 3.63) is 34.5 Å². The third-order valence-corrected chi connectivity index (χ3v) is 2.70. The van der Waals surface area contributed by atoms with Gasteiger partial charge < -0.3 is 4.98 Å². The Hall–Kier alpha value is -1.91. The van der Waals surface area contributed by atoms with E-state index in [2.05, 4.69) is 35.8 Å². The van der Waals surface area contributed by atoms with Crippen LogP contribution in [0.2, 0.25) is 0 Å². The van der Waals surface area contributed by atoms with E-state index in [-0.39, 0.29) is 5.56 Å². The van der Waals surface area contributed by atoms with Gasteiger partial charge in [0.25, 0.3) is 5.56 Å². The molecule has 18 heavy (non-hydrogen) atoms. The maximum atomic E-state index is 11.6. The maximum Gasteiger partial charge on any atom is 0.251 e. The summed E-state index contributed by atoms with van der Waals surface area (Å²) in [5.74, 6) is 0.595. The summed E-state index contributed by atoms with van der Waals surface area (Å²) >= 11 is 0. The van der Waals surface area contributed by atoms with Gasteiger partial charge in [0.2, 0.25) is 0 Å². The molecule has 0 radical (unpaired) electrons. The molecule has 2 rings (SSSR count). The summed E-state index contributed by atoms with van der Waals surface area (Å²) in [6.45, 7) is 6.18. The van der Waals surface area contributed by atoms with Crippen LogP contribution in [0, 0.1) is 0 Å². The van der Waals surface area contributed by atoms with Crippen LogP contribution in [0.5, 0.6) is 0 Å². The highest BCUT2D eigenvalue weighted by atomic mass is 16.1. The van der Waals surface area contributed by atoms with E-state index in [4.69, 9.17) is 0 Å². The van der Waals surface area contributed by atoms with Crippen LogP contribution < -0.4 is 5.56 Å². The monoisotopic (exact) mass is 246 g/mol. The average molecular weight is 246 g/mol. The van der Waals surface area contributed by atoms with Crippen molar-refractivity contribution in [1.29, 1.82) is 0 Å². The molecule has 0 aliphatic carbocycles. The maximum absolute atomic E-state index is 11.6. The first kappa shape index (κ1) is 12.5. The number of nitrogens with zero attached hydrogens (tertiary/aromatic N) is 3. The molecule has 96 valence electrons. The van der Waals surface area contributed by atoms with E-state index in [1.165, 1.54) is 0 Å². The van der Waals surface area contributed by atoms with Gasteiger partial charge in [0.1, 0.15) is 5.82 Å². The summed E-state index contributed by atoms with van der Waals surface area (Å²) in [5.41, 5.74) is 1.56. The van der Waals surface area contributed by atoms with Gasteiger partial charge in [-0.25, -0.2) is 4.98 Å². The average Bonchev–Trinajstić information content (AvgIpc) is 2.78. The Morgan fingerprint density at radius 3 is 2.83 bits per heavy atom. The Labute approximate surface area is 106 Å². The molecule has 0 bridgehead atoms. The van der Waals surface area contributed by atoms with Crippen molar-refractivity contribution in [3.8, 4) is 11.4 Å². The number of H-pyrrole nitrogens is 1. The lowest BCUT2D eigenvalue weighted by molar-refractivity contribution is 0.532. The fourth-order valence-corrected chi connectivity index (χ4v) is 1.77. The van der Waals surface area contributed by atoms with Crippen LogP contribution >= 0.6 is 0 Å². The second-order valence-electron chi connectivity index (χ2n) is 4.64. The normalized spacial score (nSPS) is 11.1. The number of aryl methyl sites for hydroxylation is 1. The van der Waals surface area contributed by atoms with Crippen molar-refractivity contribution in [3.63, 3.8) is 0 Å². The summed E-state index contributed by atoms with van der Waals surface area (Å²) in [4.78, 5) is 18.8. The van der Waals surface area contributed by atoms with Crippen molar-refractivity contribution in [2.45, 2.75) is 39.7 Å². The van der Waals surface area contributed by atoms with Crippen molar-refractivity contribution in [2.24, 2.45) is 0 Å². The number of aromatic amines is 1. The third kappa shape index (κ3) is 2.67. The zero-order valence-electron chi connectivity index (χ0n) is 11.0. The predicted octanol–water partition coefficient (Wildman–Crippen LogP) is 2.17. The number of nitrogens with one attached hydrogen (secondary N) is 1. The molecule has 0 spiro atoms. The molecule has 0 saturated heterocycles. The quantitative estimate of drug-likeness (QED) is 0.899. The van der Waals surface area contributed by atoms with Crippen LogP contribution in [-0.4, -0.2) is 19.7 Å².